The summed E-state index contributed by atoms with van der Waals surface area (Å²) < 4.78 is 5.82. The number of amides is 1. The van der Waals surface area contributed by atoms with E-state index in [1.54, 1.807) is 11.3 Å². The molecule has 1 unspecified atom stereocenters. The van der Waals surface area contributed by atoms with Gasteiger partial charge in [-0.15, -0.1) is 11.3 Å². The topological polar surface area (TPSA) is 29.5 Å². The average molecular weight is 329 g/mol. The number of hydrogen-bond donors (Lipinski definition) is 0. The van der Waals surface area contributed by atoms with Gasteiger partial charge in [-0.1, -0.05) is 32.0 Å². The molecule has 0 bridgehead atoms. The molecular weight excluding hydrogens is 306 g/mol. The van der Waals surface area contributed by atoms with Gasteiger partial charge in [0.15, 0.2) is 6.61 Å². The third kappa shape index (κ3) is 3.27. The lowest BCUT2D eigenvalue weighted by atomic mass is 9.98. The third-order valence-electron chi connectivity index (χ3n) is 4.51. The number of fused-ring (bicyclic) bond motifs is 1. The molecule has 1 aromatic heterocycles. The first-order valence-electron chi connectivity index (χ1n) is 8.31. The van der Waals surface area contributed by atoms with Gasteiger partial charge in [0.2, 0.25) is 0 Å². The predicted octanol–water partition coefficient (Wildman–Crippen LogP) is 4.23. The van der Waals surface area contributed by atoms with Crippen molar-refractivity contribution in [3.8, 4) is 5.75 Å². The zero-order valence-corrected chi connectivity index (χ0v) is 14.6. The minimum Gasteiger partial charge on any atom is -0.483 e. The van der Waals surface area contributed by atoms with Crippen LogP contribution in [0.4, 0.5) is 0 Å². The first-order chi connectivity index (χ1) is 11.2. The summed E-state index contributed by atoms with van der Waals surface area (Å²) in [6.07, 6.45) is 2.81. The fourth-order valence-electron chi connectivity index (χ4n) is 3.29. The van der Waals surface area contributed by atoms with Crippen molar-refractivity contribution >= 4 is 17.2 Å². The molecule has 1 atom stereocenters. The van der Waals surface area contributed by atoms with Crippen LogP contribution in [-0.4, -0.2) is 24.0 Å². The molecule has 2 aromatic rings. The van der Waals surface area contributed by atoms with E-state index in [1.807, 2.05) is 29.2 Å². The Labute approximate surface area is 141 Å². The Balaban J connectivity index is 1.69. The lowest BCUT2D eigenvalue weighted by molar-refractivity contribution is -0.136. The normalized spacial score (nSPS) is 17.0. The molecule has 3 nitrogen and oxygen atoms in total. The highest BCUT2D eigenvalue weighted by Gasteiger charge is 2.30. The molecular formula is C19H23NO2S. The molecule has 0 radical (unpaired) electrons. The van der Waals surface area contributed by atoms with Crippen molar-refractivity contribution in [3.63, 3.8) is 0 Å². The average Bonchev–Trinajstić information content (AvgIpc) is 3.07. The van der Waals surface area contributed by atoms with Gasteiger partial charge < -0.3 is 9.64 Å². The number of carbonyl (C=O) groups is 1. The number of hydrogen-bond acceptors (Lipinski definition) is 3. The van der Waals surface area contributed by atoms with Crippen LogP contribution in [0.1, 0.15) is 42.3 Å². The third-order valence-corrected chi connectivity index (χ3v) is 5.50. The van der Waals surface area contributed by atoms with Gasteiger partial charge in [-0.25, -0.2) is 0 Å². The van der Waals surface area contributed by atoms with Crippen LogP contribution in [0.25, 0.3) is 0 Å². The molecule has 4 heteroatoms. The second kappa shape index (κ2) is 7.18. The smallest absolute Gasteiger partial charge is 0.261 e. The van der Waals surface area contributed by atoms with Crippen LogP contribution in [0.15, 0.2) is 35.7 Å². The molecule has 1 amide bonds. The zero-order chi connectivity index (χ0) is 16.2. The lowest BCUT2D eigenvalue weighted by Gasteiger charge is -2.35. The number of thiophene rings is 1. The summed E-state index contributed by atoms with van der Waals surface area (Å²) in [5.74, 6) is 0.907. The highest BCUT2D eigenvalue weighted by Crippen LogP contribution is 2.35. The van der Waals surface area contributed by atoms with Gasteiger partial charge in [0.05, 0.1) is 6.04 Å². The molecule has 1 aliphatic rings. The van der Waals surface area contributed by atoms with E-state index in [-0.39, 0.29) is 18.6 Å². The first kappa shape index (κ1) is 16.1. The van der Waals surface area contributed by atoms with Crippen LogP contribution in [0, 0.1) is 0 Å². The fraction of sp³-hybridized carbons (Fsp3) is 0.421. The second-order valence-electron chi connectivity index (χ2n) is 5.81. The number of benzene rings is 1. The second-order valence-corrected chi connectivity index (χ2v) is 6.81. The van der Waals surface area contributed by atoms with Crippen molar-refractivity contribution in [2.45, 2.75) is 39.2 Å². The largest absolute Gasteiger partial charge is 0.483 e. The van der Waals surface area contributed by atoms with Crippen LogP contribution in [0.3, 0.4) is 0 Å². The van der Waals surface area contributed by atoms with Crippen LogP contribution in [-0.2, 0) is 17.6 Å². The quantitative estimate of drug-likeness (QED) is 0.822. The lowest BCUT2D eigenvalue weighted by Crippen LogP contribution is -2.41. The number of nitrogens with zero attached hydrogens (tertiary/aromatic N) is 1. The van der Waals surface area contributed by atoms with E-state index in [2.05, 4.69) is 25.3 Å². The molecule has 0 saturated heterocycles. The Kier molecular flexibility index (Phi) is 5.01. The van der Waals surface area contributed by atoms with E-state index in [0.29, 0.717) is 0 Å². The summed E-state index contributed by atoms with van der Waals surface area (Å²) >= 11 is 1.80. The van der Waals surface area contributed by atoms with Crippen molar-refractivity contribution < 1.29 is 9.53 Å². The highest BCUT2D eigenvalue weighted by atomic mass is 32.1. The van der Waals surface area contributed by atoms with Gasteiger partial charge in [-0.2, -0.15) is 0 Å². The highest BCUT2D eigenvalue weighted by molar-refractivity contribution is 7.10. The molecule has 2 heterocycles. The van der Waals surface area contributed by atoms with E-state index >= 15 is 0 Å². The van der Waals surface area contributed by atoms with E-state index in [9.17, 15) is 4.79 Å². The molecule has 0 spiro atoms. The van der Waals surface area contributed by atoms with E-state index in [4.69, 9.17) is 4.74 Å². The Morgan fingerprint density at radius 3 is 2.91 bits per heavy atom. The number of ether oxygens (including phenoxy) is 1. The molecule has 0 saturated carbocycles. The molecule has 0 fully saturated rings. The van der Waals surface area contributed by atoms with Gasteiger partial charge in [0.25, 0.3) is 5.91 Å². The van der Waals surface area contributed by atoms with Crippen LogP contribution in [0.5, 0.6) is 5.75 Å². The fourth-order valence-corrected chi connectivity index (χ4v) is 4.22. The van der Waals surface area contributed by atoms with E-state index in [0.717, 1.165) is 37.1 Å². The van der Waals surface area contributed by atoms with Crippen molar-refractivity contribution in [2.75, 3.05) is 13.2 Å². The number of aryl methyl sites for hydroxylation is 1. The van der Waals surface area contributed by atoms with E-state index < -0.39 is 0 Å². The van der Waals surface area contributed by atoms with Gasteiger partial charge in [0.1, 0.15) is 5.75 Å². The Morgan fingerprint density at radius 1 is 1.30 bits per heavy atom. The monoisotopic (exact) mass is 329 g/mol. The van der Waals surface area contributed by atoms with Crippen LogP contribution < -0.4 is 4.74 Å². The summed E-state index contributed by atoms with van der Waals surface area (Å²) in [7, 11) is 0. The Bertz CT molecular complexity index is 680. The molecule has 122 valence electrons. The van der Waals surface area contributed by atoms with Gasteiger partial charge in [-0.3, -0.25) is 4.79 Å². The Morgan fingerprint density at radius 2 is 2.13 bits per heavy atom. The van der Waals surface area contributed by atoms with Crippen molar-refractivity contribution in [2.24, 2.45) is 0 Å². The molecule has 1 aromatic carbocycles. The summed E-state index contributed by atoms with van der Waals surface area (Å²) in [6, 6.07) is 10.3. The maximum atomic E-state index is 12.7. The number of para-hydroxylation sites is 1. The van der Waals surface area contributed by atoms with Gasteiger partial charge >= 0.3 is 0 Å². The minimum atomic E-state index is 0.0830. The Hall–Kier alpha value is -1.81. The standard InChI is InChI=1S/C19H23NO2S/c1-3-14-7-5-6-8-17(14)22-13-19(21)20-11-9-18-15(10-12-23-18)16(20)4-2/h5-8,10,12,16H,3-4,9,11,13H2,1-2H3. The molecule has 0 N–H and O–H groups in total. The van der Waals surface area contributed by atoms with Crippen molar-refractivity contribution in [1.29, 1.82) is 0 Å². The predicted molar refractivity (Wildman–Crippen MR) is 94.1 cm³/mol. The molecule has 1 aliphatic heterocycles. The number of rotatable bonds is 5. The van der Waals surface area contributed by atoms with E-state index in [1.165, 1.54) is 10.4 Å². The maximum Gasteiger partial charge on any atom is 0.261 e. The van der Waals surface area contributed by atoms with Crippen molar-refractivity contribution in [3.05, 3.63) is 51.7 Å². The SMILES string of the molecule is CCc1ccccc1OCC(=O)N1CCc2sccc2C1CC. The summed E-state index contributed by atoms with van der Waals surface area (Å²) in [5.41, 5.74) is 2.47. The first-order valence-corrected chi connectivity index (χ1v) is 9.19. The number of carbonyl (C=O) groups excluding carboxylic acids is 1. The molecule has 23 heavy (non-hydrogen) atoms. The summed E-state index contributed by atoms with van der Waals surface area (Å²) in [5, 5.41) is 2.13. The van der Waals surface area contributed by atoms with Crippen molar-refractivity contribution in [1.82, 2.24) is 4.90 Å². The maximum absolute atomic E-state index is 12.7. The van der Waals surface area contributed by atoms with Gasteiger partial charge in [0, 0.05) is 11.4 Å². The minimum absolute atomic E-state index is 0.0830. The zero-order valence-electron chi connectivity index (χ0n) is 13.7. The molecule has 3 rings (SSSR count). The summed E-state index contributed by atoms with van der Waals surface area (Å²) in [4.78, 5) is 16.1. The summed E-state index contributed by atoms with van der Waals surface area (Å²) in [6.45, 7) is 5.15. The van der Waals surface area contributed by atoms with Crippen LogP contribution >= 0.6 is 11.3 Å². The van der Waals surface area contributed by atoms with Crippen LogP contribution in [0.2, 0.25) is 0 Å². The van der Waals surface area contributed by atoms with Gasteiger partial charge in [-0.05, 0) is 47.9 Å². The molecule has 0 aliphatic carbocycles.